The van der Waals surface area contributed by atoms with Crippen LogP contribution in [0.15, 0.2) is 29.8 Å². The second-order valence-corrected chi connectivity index (χ2v) is 4.47. The third-order valence-electron chi connectivity index (χ3n) is 3.27. The molecule has 3 nitrogen and oxygen atoms in total. The minimum Gasteiger partial charge on any atom is -0.497 e. The summed E-state index contributed by atoms with van der Waals surface area (Å²) in [6, 6.07) is 7.71. The van der Waals surface area contributed by atoms with E-state index >= 15 is 0 Å². The smallest absolute Gasteiger partial charge is 0.159 e. The molecule has 0 amide bonds. The van der Waals surface area contributed by atoms with Crippen molar-refractivity contribution >= 4 is 11.9 Å². The Morgan fingerprint density at radius 3 is 2.89 bits per heavy atom. The van der Waals surface area contributed by atoms with Gasteiger partial charge in [-0.2, -0.15) is 0 Å². The molecule has 0 aliphatic heterocycles. The Morgan fingerprint density at radius 1 is 1.33 bits per heavy atom. The predicted octanol–water partition coefficient (Wildman–Crippen LogP) is 2.85. The van der Waals surface area contributed by atoms with Gasteiger partial charge in [0.15, 0.2) is 5.78 Å². The summed E-state index contributed by atoms with van der Waals surface area (Å²) < 4.78 is 10.5. The lowest BCUT2D eigenvalue weighted by Gasteiger charge is -2.21. The lowest BCUT2D eigenvalue weighted by atomic mass is 9.90. The van der Waals surface area contributed by atoms with Crippen molar-refractivity contribution < 1.29 is 14.3 Å². The molecule has 0 bridgehead atoms. The fourth-order valence-corrected chi connectivity index (χ4v) is 2.19. The van der Waals surface area contributed by atoms with E-state index in [4.69, 9.17) is 9.47 Å². The molecular weight excluding hydrogens is 228 g/mol. The SMILES string of the molecule is COc1cccc(C=C2CC(OC)CCC2=O)c1. The molecule has 2 rings (SSSR count). The van der Waals surface area contributed by atoms with E-state index in [-0.39, 0.29) is 11.9 Å². The Balaban J connectivity index is 2.21. The Hall–Kier alpha value is -1.61. The topological polar surface area (TPSA) is 35.5 Å². The number of methoxy groups -OCH3 is 2. The third kappa shape index (κ3) is 2.99. The van der Waals surface area contributed by atoms with Crippen LogP contribution < -0.4 is 4.74 Å². The summed E-state index contributed by atoms with van der Waals surface area (Å²) in [6.45, 7) is 0. The average Bonchev–Trinajstić information content (AvgIpc) is 2.41. The molecule has 18 heavy (non-hydrogen) atoms. The first-order chi connectivity index (χ1) is 8.72. The van der Waals surface area contributed by atoms with Crippen LogP contribution in [0.25, 0.3) is 6.08 Å². The van der Waals surface area contributed by atoms with Crippen LogP contribution in [0.1, 0.15) is 24.8 Å². The number of hydrogen-bond donors (Lipinski definition) is 0. The van der Waals surface area contributed by atoms with Crippen LogP contribution in [-0.4, -0.2) is 26.1 Å². The molecule has 0 heterocycles. The monoisotopic (exact) mass is 246 g/mol. The standard InChI is InChI=1S/C15H18O3/c1-17-13-5-3-4-11(9-13)8-12-10-14(18-2)6-7-15(12)16/h3-5,8-9,14H,6-7,10H2,1-2H3. The molecular formula is C15H18O3. The summed E-state index contributed by atoms with van der Waals surface area (Å²) in [5.41, 5.74) is 1.84. The molecule has 1 fully saturated rings. The second-order valence-electron chi connectivity index (χ2n) is 4.47. The fourth-order valence-electron chi connectivity index (χ4n) is 2.19. The summed E-state index contributed by atoms with van der Waals surface area (Å²) in [7, 11) is 3.34. The van der Waals surface area contributed by atoms with Crippen molar-refractivity contribution in [2.75, 3.05) is 14.2 Å². The zero-order valence-electron chi connectivity index (χ0n) is 10.8. The number of carbonyl (C=O) groups is 1. The average molecular weight is 246 g/mol. The highest BCUT2D eigenvalue weighted by Crippen LogP contribution is 2.25. The number of benzene rings is 1. The van der Waals surface area contributed by atoms with Gasteiger partial charge in [-0.3, -0.25) is 4.79 Å². The van der Waals surface area contributed by atoms with Crippen LogP contribution in [0.4, 0.5) is 0 Å². The van der Waals surface area contributed by atoms with E-state index in [2.05, 4.69) is 0 Å². The quantitative estimate of drug-likeness (QED) is 0.769. The van der Waals surface area contributed by atoms with E-state index in [1.54, 1.807) is 14.2 Å². The van der Waals surface area contributed by atoms with Crippen molar-refractivity contribution in [1.29, 1.82) is 0 Å². The van der Waals surface area contributed by atoms with Gasteiger partial charge in [0.25, 0.3) is 0 Å². The van der Waals surface area contributed by atoms with Crippen LogP contribution in [0.2, 0.25) is 0 Å². The normalized spacial score (nSPS) is 22.2. The Bertz CT molecular complexity index is 463. The lowest BCUT2D eigenvalue weighted by Crippen LogP contribution is -2.22. The maximum Gasteiger partial charge on any atom is 0.159 e. The molecule has 0 aromatic heterocycles. The van der Waals surface area contributed by atoms with Crippen molar-refractivity contribution in [2.24, 2.45) is 0 Å². The van der Waals surface area contributed by atoms with E-state index in [1.807, 2.05) is 30.3 Å². The highest BCUT2D eigenvalue weighted by Gasteiger charge is 2.22. The number of carbonyl (C=O) groups excluding carboxylic acids is 1. The van der Waals surface area contributed by atoms with Gasteiger partial charge in [0.05, 0.1) is 13.2 Å². The Morgan fingerprint density at radius 2 is 2.17 bits per heavy atom. The molecule has 0 radical (unpaired) electrons. The van der Waals surface area contributed by atoms with E-state index in [1.165, 1.54) is 0 Å². The van der Waals surface area contributed by atoms with Gasteiger partial charge in [-0.15, -0.1) is 0 Å². The molecule has 96 valence electrons. The second kappa shape index (κ2) is 5.83. The molecule has 1 aromatic carbocycles. The Labute approximate surface area is 107 Å². The van der Waals surface area contributed by atoms with Crippen molar-refractivity contribution in [2.45, 2.75) is 25.4 Å². The first kappa shape index (κ1) is 12.8. The third-order valence-corrected chi connectivity index (χ3v) is 3.27. The summed E-state index contributed by atoms with van der Waals surface area (Å²) in [5, 5.41) is 0. The van der Waals surface area contributed by atoms with E-state index < -0.39 is 0 Å². The van der Waals surface area contributed by atoms with Crippen molar-refractivity contribution in [3.8, 4) is 5.75 Å². The summed E-state index contributed by atoms with van der Waals surface area (Å²) in [4.78, 5) is 11.9. The van der Waals surface area contributed by atoms with Gasteiger partial charge >= 0.3 is 0 Å². The van der Waals surface area contributed by atoms with Crippen LogP contribution in [-0.2, 0) is 9.53 Å². The zero-order valence-corrected chi connectivity index (χ0v) is 10.8. The number of Topliss-reactive ketones (excluding diaryl/α,β-unsaturated/α-hetero) is 1. The van der Waals surface area contributed by atoms with E-state index in [0.717, 1.165) is 23.3 Å². The largest absolute Gasteiger partial charge is 0.497 e. The highest BCUT2D eigenvalue weighted by atomic mass is 16.5. The first-order valence-electron chi connectivity index (χ1n) is 6.13. The number of rotatable bonds is 3. The molecule has 1 unspecified atom stereocenters. The highest BCUT2D eigenvalue weighted by molar-refractivity contribution is 6.00. The molecule has 1 saturated carbocycles. The molecule has 0 N–H and O–H groups in total. The summed E-state index contributed by atoms with van der Waals surface area (Å²) >= 11 is 0. The first-order valence-corrected chi connectivity index (χ1v) is 6.13. The van der Waals surface area contributed by atoms with Crippen LogP contribution in [0, 0.1) is 0 Å². The van der Waals surface area contributed by atoms with Gasteiger partial charge in [-0.25, -0.2) is 0 Å². The zero-order chi connectivity index (χ0) is 13.0. The number of hydrogen-bond acceptors (Lipinski definition) is 3. The minimum absolute atomic E-state index is 0.166. The van der Waals surface area contributed by atoms with Crippen LogP contribution in [0.3, 0.4) is 0 Å². The molecule has 3 heteroatoms. The predicted molar refractivity (Wildman–Crippen MR) is 70.6 cm³/mol. The van der Waals surface area contributed by atoms with Crippen molar-refractivity contribution in [1.82, 2.24) is 0 Å². The van der Waals surface area contributed by atoms with Crippen molar-refractivity contribution in [3.63, 3.8) is 0 Å². The number of ketones is 1. The van der Waals surface area contributed by atoms with Crippen molar-refractivity contribution in [3.05, 3.63) is 35.4 Å². The molecule has 0 spiro atoms. The molecule has 1 aliphatic rings. The molecule has 1 atom stereocenters. The minimum atomic E-state index is 0.166. The van der Waals surface area contributed by atoms with Crippen LogP contribution in [0.5, 0.6) is 5.75 Å². The van der Waals surface area contributed by atoms with Crippen LogP contribution >= 0.6 is 0 Å². The molecule has 1 aliphatic carbocycles. The maximum absolute atomic E-state index is 11.9. The fraction of sp³-hybridized carbons (Fsp3) is 0.400. The molecule has 0 saturated heterocycles. The lowest BCUT2D eigenvalue weighted by molar-refractivity contribution is -0.117. The number of ether oxygens (including phenoxy) is 2. The van der Waals surface area contributed by atoms with Gasteiger partial charge in [0.1, 0.15) is 5.75 Å². The van der Waals surface area contributed by atoms with Gasteiger partial charge in [-0.1, -0.05) is 12.1 Å². The van der Waals surface area contributed by atoms with Gasteiger partial charge < -0.3 is 9.47 Å². The maximum atomic E-state index is 11.9. The molecule has 1 aromatic rings. The summed E-state index contributed by atoms with van der Waals surface area (Å²) in [5.74, 6) is 1.03. The van der Waals surface area contributed by atoms with E-state index in [9.17, 15) is 4.79 Å². The van der Waals surface area contributed by atoms with Gasteiger partial charge in [-0.05, 0) is 35.8 Å². The van der Waals surface area contributed by atoms with Gasteiger partial charge in [0, 0.05) is 20.0 Å². The summed E-state index contributed by atoms with van der Waals surface area (Å²) in [6.07, 6.45) is 4.21. The van der Waals surface area contributed by atoms with E-state index in [0.29, 0.717) is 12.8 Å². The Kier molecular flexibility index (Phi) is 4.15. The van der Waals surface area contributed by atoms with Gasteiger partial charge in [0.2, 0.25) is 0 Å².